The first-order chi connectivity index (χ1) is 12.4. The molecule has 0 aliphatic heterocycles. The Balaban J connectivity index is 1.78. The van der Waals surface area contributed by atoms with Crippen molar-refractivity contribution >= 4 is 40.0 Å². The van der Waals surface area contributed by atoms with Gasteiger partial charge >= 0.3 is 5.97 Å². The first kappa shape index (κ1) is 18.9. The van der Waals surface area contributed by atoms with Crippen LogP contribution in [-0.4, -0.2) is 38.9 Å². The number of carbonyl (C=O) groups excluding carboxylic acids is 2. The van der Waals surface area contributed by atoms with E-state index >= 15 is 0 Å². The molecule has 0 unspecified atom stereocenters. The SMILES string of the molecule is CC(C)OC(=O)c1c(NC(=O)CSc2ncn[nH]2)sc2c1CC[C@H](C)C2. The van der Waals surface area contributed by atoms with E-state index in [0.29, 0.717) is 21.6 Å². The van der Waals surface area contributed by atoms with Gasteiger partial charge in [-0.25, -0.2) is 9.78 Å². The molecule has 0 bridgehead atoms. The fourth-order valence-corrected chi connectivity index (χ4v) is 4.88. The third kappa shape index (κ3) is 4.45. The number of thiophene rings is 1. The molecule has 3 rings (SSSR count). The summed E-state index contributed by atoms with van der Waals surface area (Å²) in [5.74, 6) is 0.231. The molecule has 0 radical (unpaired) electrons. The lowest BCUT2D eigenvalue weighted by Gasteiger charge is -2.18. The monoisotopic (exact) mass is 394 g/mol. The van der Waals surface area contributed by atoms with Crippen LogP contribution in [0, 0.1) is 5.92 Å². The van der Waals surface area contributed by atoms with Gasteiger partial charge in [-0.3, -0.25) is 9.89 Å². The summed E-state index contributed by atoms with van der Waals surface area (Å²) in [7, 11) is 0. The number of fused-ring (bicyclic) bond motifs is 1. The van der Waals surface area contributed by atoms with Gasteiger partial charge in [-0.05, 0) is 44.6 Å². The summed E-state index contributed by atoms with van der Waals surface area (Å²) in [4.78, 5) is 30.1. The highest BCUT2D eigenvalue weighted by atomic mass is 32.2. The van der Waals surface area contributed by atoms with E-state index in [1.54, 1.807) is 0 Å². The number of esters is 1. The third-order valence-corrected chi connectivity index (χ3v) is 6.09. The zero-order valence-electron chi connectivity index (χ0n) is 15.0. The number of H-pyrrole nitrogens is 1. The van der Waals surface area contributed by atoms with Crippen LogP contribution in [0.2, 0.25) is 0 Å². The molecule has 2 N–H and O–H groups in total. The van der Waals surface area contributed by atoms with Crippen LogP contribution in [0.4, 0.5) is 5.00 Å². The second kappa shape index (κ2) is 8.22. The van der Waals surface area contributed by atoms with E-state index in [4.69, 9.17) is 4.74 Å². The maximum atomic E-state index is 12.6. The molecule has 26 heavy (non-hydrogen) atoms. The first-order valence-corrected chi connectivity index (χ1v) is 10.4. The number of aromatic amines is 1. The molecule has 0 spiro atoms. The van der Waals surface area contributed by atoms with E-state index in [1.807, 2.05) is 13.8 Å². The summed E-state index contributed by atoms with van der Waals surface area (Å²) >= 11 is 2.76. The molecule has 1 aliphatic rings. The Morgan fingerprint density at radius 1 is 1.50 bits per heavy atom. The fourth-order valence-electron chi connectivity index (χ4n) is 2.89. The Hall–Kier alpha value is -1.87. The summed E-state index contributed by atoms with van der Waals surface area (Å²) in [6, 6.07) is 0. The lowest BCUT2D eigenvalue weighted by Crippen LogP contribution is -2.19. The van der Waals surface area contributed by atoms with Gasteiger partial charge in [0.25, 0.3) is 0 Å². The summed E-state index contributed by atoms with van der Waals surface area (Å²) < 4.78 is 5.42. The minimum absolute atomic E-state index is 0.184. The lowest BCUT2D eigenvalue weighted by atomic mass is 9.88. The van der Waals surface area contributed by atoms with E-state index in [1.165, 1.54) is 34.3 Å². The molecule has 2 heterocycles. The second-order valence-corrected chi connectivity index (χ2v) is 8.71. The highest BCUT2D eigenvalue weighted by molar-refractivity contribution is 7.99. The molecule has 1 atom stereocenters. The number of hydrogen-bond acceptors (Lipinski definition) is 7. The summed E-state index contributed by atoms with van der Waals surface area (Å²) in [6.45, 7) is 5.86. The van der Waals surface area contributed by atoms with Gasteiger partial charge in [-0.2, -0.15) is 5.10 Å². The number of ether oxygens (including phenoxy) is 1. The Morgan fingerprint density at radius 3 is 3.00 bits per heavy atom. The number of anilines is 1. The molecule has 0 fully saturated rings. The zero-order valence-corrected chi connectivity index (χ0v) is 16.6. The van der Waals surface area contributed by atoms with Crippen molar-refractivity contribution in [2.75, 3.05) is 11.1 Å². The highest BCUT2D eigenvalue weighted by Gasteiger charge is 2.29. The molecule has 0 aromatic carbocycles. The molecule has 0 saturated heterocycles. The number of nitrogens with one attached hydrogen (secondary N) is 2. The van der Waals surface area contributed by atoms with Crippen molar-refractivity contribution in [1.82, 2.24) is 15.2 Å². The lowest BCUT2D eigenvalue weighted by molar-refractivity contribution is -0.113. The molecule has 7 nitrogen and oxygen atoms in total. The number of rotatable bonds is 6. The number of nitrogens with zero attached hydrogens (tertiary/aromatic N) is 2. The Kier molecular flexibility index (Phi) is 5.98. The van der Waals surface area contributed by atoms with Crippen LogP contribution in [0.1, 0.15) is 48.0 Å². The Bertz CT molecular complexity index is 786. The molecule has 140 valence electrons. The van der Waals surface area contributed by atoms with E-state index in [2.05, 4.69) is 27.4 Å². The van der Waals surface area contributed by atoms with Crippen molar-refractivity contribution in [2.24, 2.45) is 5.92 Å². The van der Waals surface area contributed by atoms with Gasteiger partial charge in [-0.1, -0.05) is 18.7 Å². The number of carbonyl (C=O) groups is 2. The van der Waals surface area contributed by atoms with Crippen LogP contribution < -0.4 is 5.32 Å². The average molecular weight is 395 g/mol. The van der Waals surface area contributed by atoms with E-state index in [-0.39, 0.29) is 23.7 Å². The van der Waals surface area contributed by atoms with Crippen molar-refractivity contribution in [1.29, 1.82) is 0 Å². The summed E-state index contributed by atoms with van der Waals surface area (Å²) in [6.07, 6.45) is 4.02. The van der Waals surface area contributed by atoms with E-state index in [9.17, 15) is 9.59 Å². The predicted molar refractivity (Wildman–Crippen MR) is 102 cm³/mol. The van der Waals surface area contributed by atoms with Crippen molar-refractivity contribution < 1.29 is 14.3 Å². The van der Waals surface area contributed by atoms with Crippen molar-refractivity contribution in [3.05, 3.63) is 22.3 Å². The molecule has 2 aromatic heterocycles. The van der Waals surface area contributed by atoms with Crippen LogP contribution in [0.5, 0.6) is 0 Å². The predicted octanol–water partition coefficient (Wildman–Crippen LogP) is 3.29. The summed E-state index contributed by atoms with van der Waals surface area (Å²) in [5, 5.41) is 10.5. The topological polar surface area (TPSA) is 97.0 Å². The van der Waals surface area contributed by atoms with Gasteiger partial charge in [0, 0.05) is 4.88 Å². The molecule has 1 amide bonds. The molecule has 9 heteroatoms. The van der Waals surface area contributed by atoms with Crippen molar-refractivity contribution in [3.63, 3.8) is 0 Å². The van der Waals surface area contributed by atoms with Crippen molar-refractivity contribution in [3.8, 4) is 0 Å². The average Bonchev–Trinajstić information content (AvgIpc) is 3.18. The maximum absolute atomic E-state index is 12.6. The minimum Gasteiger partial charge on any atom is -0.459 e. The van der Waals surface area contributed by atoms with E-state index < -0.39 is 0 Å². The minimum atomic E-state index is -0.356. The molecule has 2 aromatic rings. The smallest absolute Gasteiger partial charge is 0.341 e. The normalized spacial score (nSPS) is 16.4. The van der Waals surface area contributed by atoms with Gasteiger partial charge in [0.15, 0.2) is 5.16 Å². The van der Waals surface area contributed by atoms with Crippen LogP contribution in [0.25, 0.3) is 0 Å². The van der Waals surface area contributed by atoms with Crippen LogP contribution in [0.15, 0.2) is 11.5 Å². The first-order valence-electron chi connectivity index (χ1n) is 8.57. The zero-order chi connectivity index (χ0) is 18.7. The van der Waals surface area contributed by atoms with Gasteiger partial charge in [-0.15, -0.1) is 11.3 Å². The quantitative estimate of drug-likeness (QED) is 0.576. The maximum Gasteiger partial charge on any atom is 0.341 e. The number of amides is 1. The Labute approximate surface area is 160 Å². The molecular formula is C17H22N4O3S2. The second-order valence-electron chi connectivity index (χ2n) is 6.64. The Morgan fingerprint density at radius 2 is 2.31 bits per heavy atom. The summed E-state index contributed by atoms with van der Waals surface area (Å²) in [5.41, 5.74) is 1.57. The molecule has 1 aliphatic carbocycles. The van der Waals surface area contributed by atoms with Crippen LogP contribution in [0.3, 0.4) is 0 Å². The highest BCUT2D eigenvalue weighted by Crippen LogP contribution is 2.40. The van der Waals surface area contributed by atoms with Gasteiger partial charge < -0.3 is 10.1 Å². The van der Waals surface area contributed by atoms with Crippen LogP contribution >= 0.6 is 23.1 Å². The largest absolute Gasteiger partial charge is 0.459 e. The number of thioether (sulfide) groups is 1. The third-order valence-electron chi connectivity index (χ3n) is 4.04. The van der Waals surface area contributed by atoms with Gasteiger partial charge in [0.05, 0.1) is 17.4 Å². The van der Waals surface area contributed by atoms with Gasteiger partial charge in [0.1, 0.15) is 11.3 Å². The molecule has 0 saturated carbocycles. The van der Waals surface area contributed by atoms with E-state index in [0.717, 1.165) is 24.8 Å². The van der Waals surface area contributed by atoms with Crippen LogP contribution in [-0.2, 0) is 22.4 Å². The van der Waals surface area contributed by atoms with Crippen molar-refractivity contribution in [2.45, 2.75) is 51.3 Å². The number of hydrogen-bond donors (Lipinski definition) is 2. The van der Waals surface area contributed by atoms with Gasteiger partial charge in [0.2, 0.25) is 5.91 Å². The number of aromatic nitrogens is 3. The molecular weight excluding hydrogens is 372 g/mol. The fraction of sp³-hybridized carbons (Fsp3) is 0.529. The standard InChI is InChI=1S/C17H22N4O3S2/c1-9(2)24-16(23)14-11-5-4-10(3)6-12(11)26-15(14)20-13(22)7-25-17-18-8-19-21-17/h8-10H,4-7H2,1-3H3,(H,20,22)(H,18,19,21)/t10-/m0/s1.